The van der Waals surface area contributed by atoms with E-state index >= 15 is 0 Å². The van der Waals surface area contributed by atoms with Crippen LogP contribution in [0.2, 0.25) is 0 Å². The first-order valence-electron chi connectivity index (χ1n) is 9.42. The number of hydrogen-bond acceptors (Lipinski definition) is 4. The third-order valence-electron chi connectivity index (χ3n) is 4.74. The second-order valence-corrected chi connectivity index (χ2v) is 7.15. The number of carbonyl (C=O) groups excluding carboxylic acids is 1. The van der Waals surface area contributed by atoms with E-state index in [1.807, 2.05) is 18.2 Å². The molecule has 0 spiro atoms. The summed E-state index contributed by atoms with van der Waals surface area (Å²) in [7, 11) is 0. The minimum Gasteiger partial charge on any atom is -0.368 e. The smallest absolute Gasteiger partial charge is 0.252 e. The Hall–Kier alpha value is -2.56. The van der Waals surface area contributed by atoms with Gasteiger partial charge < -0.3 is 15.1 Å². The third-order valence-corrected chi connectivity index (χ3v) is 4.74. The van der Waals surface area contributed by atoms with Crippen LogP contribution in [-0.2, 0) is 0 Å². The maximum atomic E-state index is 12.1. The van der Waals surface area contributed by atoms with E-state index in [1.165, 1.54) is 5.69 Å². The molecule has 5 heteroatoms. The highest BCUT2D eigenvalue weighted by Crippen LogP contribution is 2.19. The molecule has 1 aromatic carbocycles. The van der Waals surface area contributed by atoms with Crippen molar-refractivity contribution >= 4 is 17.4 Å². The van der Waals surface area contributed by atoms with Gasteiger partial charge in [-0.2, -0.15) is 0 Å². The minimum atomic E-state index is -0.0430. The fourth-order valence-electron chi connectivity index (χ4n) is 3.12. The molecule has 1 fully saturated rings. The quantitative estimate of drug-likeness (QED) is 0.867. The van der Waals surface area contributed by atoms with Crippen molar-refractivity contribution in [3.8, 4) is 0 Å². The minimum absolute atomic E-state index is 0.0430. The second kappa shape index (κ2) is 8.70. The van der Waals surface area contributed by atoms with Crippen molar-refractivity contribution in [3.05, 3.63) is 54.2 Å². The second-order valence-electron chi connectivity index (χ2n) is 7.15. The molecular formula is C21H28N4O. The molecule has 2 aromatic rings. The summed E-state index contributed by atoms with van der Waals surface area (Å²) in [6.07, 6.45) is 2.67. The van der Waals surface area contributed by atoms with Crippen LogP contribution in [-0.4, -0.2) is 43.6 Å². The summed E-state index contributed by atoms with van der Waals surface area (Å²) >= 11 is 0. The van der Waals surface area contributed by atoms with Gasteiger partial charge >= 0.3 is 0 Å². The summed E-state index contributed by atoms with van der Waals surface area (Å²) in [5.41, 5.74) is 1.90. The first kappa shape index (κ1) is 18.2. The summed E-state index contributed by atoms with van der Waals surface area (Å²) in [6.45, 7) is 8.83. The summed E-state index contributed by atoms with van der Waals surface area (Å²) < 4.78 is 0. The molecule has 1 aliphatic heterocycles. The lowest BCUT2D eigenvalue weighted by Crippen LogP contribution is -2.46. The lowest BCUT2D eigenvalue weighted by atomic mass is 10.1. The maximum absolute atomic E-state index is 12.1. The Labute approximate surface area is 156 Å². The number of amides is 1. The summed E-state index contributed by atoms with van der Waals surface area (Å²) in [4.78, 5) is 21.3. The van der Waals surface area contributed by atoms with Gasteiger partial charge in [0.15, 0.2) is 0 Å². The van der Waals surface area contributed by atoms with Crippen molar-refractivity contribution in [2.24, 2.45) is 5.92 Å². The van der Waals surface area contributed by atoms with Crippen molar-refractivity contribution in [3.63, 3.8) is 0 Å². The summed E-state index contributed by atoms with van der Waals surface area (Å²) in [5.74, 6) is 1.49. The van der Waals surface area contributed by atoms with E-state index < -0.39 is 0 Å². The van der Waals surface area contributed by atoms with E-state index in [0.29, 0.717) is 18.0 Å². The van der Waals surface area contributed by atoms with Gasteiger partial charge in [-0.3, -0.25) is 4.79 Å². The molecule has 0 bridgehead atoms. The molecule has 26 heavy (non-hydrogen) atoms. The van der Waals surface area contributed by atoms with Crippen LogP contribution < -0.4 is 15.1 Å². The molecule has 1 saturated heterocycles. The number of rotatable bonds is 6. The summed E-state index contributed by atoms with van der Waals surface area (Å²) in [6, 6.07) is 14.3. The van der Waals surface area contributed by atoms with Crippen molar-refractivity contribution in [1.82, 2.24) is 10.3 Å². The van der Waals surface area contributed by atoms with Gasteiger partial charge in [0, 0.05) is 44.6 Å². The average molecular weight is 352 g/mol. The van der Waals surface area contributed by atoms with Gasteiger partial charge in [-0.25, -0.2) is 4.98 Å². The number of hydrogen-bond donors (Lipinski definition) is 1. The molecule has 1 aliphatic rings. The average Bonchev–Trinajstić information content (AvgIpc) is 2.68. The van der Waals surface area contributed by atoms with Gasteiger partial charge in [-0.15, -0.1) is 0 Å². The monoisotopic (exact) mass is 352 g/mol. The van der Waals surface area contributed by atoms with Crippen molar-refractivity contribution < 1.29 is 4.79 Å². The number of aromatic nitrogens is 1. The Morgan fingerprint density at radius 3 is 2.35 bits per heavy atom. The Balaban J connectivity index is 1.52. The topological polar surface area (TPSA) is 48.5 Å². The van der Waals surface area contributed by atoms with E-state index in [2.05, 4.69) is 58.2 Å². The van der Waals surface area contributed by atoms with E-state index in [4.69, 9.17) is 0 Å². The number of nitrogens with one attached hydrogen (secondary N) is 1. The highest BCUT2D eigenvalue weighted by molar-refractivity contribution is 5.94. The number of benzene rings is 1. The van der Waals surface area contributed by atoms with E-state index in [-0.39, 0.29) is 5.91 Å². The molecule has 0 radical (unpaired) electrons. The fourth-order valence-corrected chi connectivity index (χ4v) is 3.12. The lowest BCUT2D eigenvalue weighted by molar-refractivity contribution is 0.0951. The van der Waals surface area contributed by atoms with Crippen LogP contribution >= 0.6 is 0 Å². The van der Waals surface area contributed by atoms with Crippen molar-refractivity contribution in [2.45, 2.75) is 20.3 Å². The van der Waals surface area contributed by atoms with Crippen molar-refractivity contribution in [2.75, 3.05) is 42.5 Å². The van der Waals surface area contributed by atoms with Gasteiger partial charge in [0.25, 0.3) is 5.91 Å². The van der Waals surface area contributed by atoms with Gasteiger partial charge in [0.05, 0.1) is 5.56 Å². The molecule has 0 aliphatic carbocycles. The van der Waals surface area contributed by atoms with Gasteiger partial charge in [0.1, 0.15) is 5.82 Å². The van der Waals surface area contributed by atoms with Crippen LogP contribution in [0.25, 0.3) is 0 Å². The predicted octanol–water partition coefficient (Wildman–Crippen LogP) is 3.18. The summed E-state index contributed by atoms with van der Waals surface area (Å²) in [5, 5.41) is 2.95. The molecule has 5 nitrogen and oxygen atoms in total. The molecule has 3 rings (SSSR count). The SMILES string of the molecule is CC(C)CCNC(=O)c1ccc(N2CCN(c3ccccc3)CC2)nc1. The molecule has 0 atom stereocenters. The molecule has 1 N–H and O–H groups in total. The van der Waals surface area contributed by atoms with Crippen molar-refractivity contribution in [1.29, 1.82) is 0 Å². The number of nitrogens with zero attached hydrogens (tertiary/aromatic N) is 3. The Morgan fingerprint density at radius 1 is 1.04 bits per heavy atom. The standard InChI is InChI=1S/C21H28N4O/c1-17(2)10-11-22-21(26)18-8-9-20(23-16-18)25-14-12-24(13-15-25)19-6-4-3-5-7-19/h3-9,16-17H,10-15H2,1-2H3,(H,22,26). The molecule has 0 saturated carbocycles. The third kappa shape index (κ3) is 4.75. The van der Waals surface area contributed by atoms with Crippen LogP contribution in [0.3, 0.4) is 0 Å². The molecular weight excluding hydrogens is 324 g/mol. The van der Waals surface area contributed by atoms with Gasteiger partial charge in [0.2, 0.25) is 0 Å². The zero-order chi connectivity index (χ0) is 18.4. The highest BCUT2D eigenvalue weighted by Gasteiger charge is 2.18. The van der Waals surface area contributed by atoms with Gasteiger partial charge in [-0.1, -0.05) is 32.0 Å². The fraction of sp³-hybridized carbons (Fsp3) is 0.429. The molecule has 138 valence electrons. The largest absolute Gasteiger partial charge is 0.368 e. The zero-order valence-electron chi connectivity index (χ0n) is 15.7. The zero-order valence-corrected chi connectivity index (χ0v) is 15.7. The molecule has 1 amide bonds. The number of anilines is 2. The Kier molecular flexibility index (Phi) is 6.10. The maximum Gasteiger partial charge on any atom is 0.252 e. The first-order chi connectivity index (χ1) is 12.6. The molecule has 1 aromatic heterocycles. The number of piperazine rings is 1. The molecule has 0 unspecified atom stereocenters. The van der Waals surface area contributed by atoms with Crippen LogP contribution in [0, 0.1) is 5.92 Å². The highest BCUT2D eigenvalue weighted by atomic mass is 16.1. The first-order valence-corrected chi connectivity index (χ1v) is 9.42. The predicted molar refractivity (Wildman–Crippen MR) is 107 cm³/mol. The normalized spacial score (nSPS) is 14.6. The Morgan fingerprint density at radius 2 is 1.73 bits per heavy atom. The lowest BCUT2D eigenvalue weighted by Gasteiger charge is -2.36. The van der Waals surface area contributed by atoms with Crippen LogP contribution in [0.4, 0.5) is 11.5 Å². The number of carbonyl (C=O) groups is 1. The van der Waals surface area contributed by atoms with Crippen LogP contribution in [0.5, 0.6) is 0 Å². The van der Waals surface area contributed by atoms with Crippen LogP contribution in [0.1, 0.15) is 30.6 Å². The van der Waals surface area contributed by atoms with E-state index in [1.54, 1.807) is 6.20 Å². The Bertz CT molecular complexity index is 692. The van der Waals surface area contributed by atoms with Crippen LogP contribution in [0.15, 0.2) is 48.7 Å². The van der Waals surface area contributed by atoms with E-state index in [0.717, 1.165) is 38.4 Å². The number of pyridine rings is 1. The van der Waals surface area contributed by atoms with E-state index in [9.17, 15) is 4.79 Å². The molecule has 2 heterocycles. The van der Waals surface area contributed by atoms with Gasteiger partial charge in [-0.05, 0) is 36.6 Å². The number of para-hydroxylation sites is 1.